The van der Waals surface area contributed by atoms with Gasteiger partial charge in [-0.2, -0.15) is 0 Å². The molecule has 18 heavy (non-hydrogen) atoms. The molecule has 0 saturated heterocycles. The Hall–Kier alpha value is -1.96. The summed E-state index contributed by atoms with van der Waals surface area (Å²) in [5.74, 6) is 0.355. The van der Waals surface area contributed by atoms with E-state index in [0.29, 0.717) is 12.3 Å². The molecule has 94 valence electrons. The zero-order valence-corrected chi connectivity index (χ0v) is 11.1. The van der Waals surface area contributed by atoms with Crippen molar-refractivity contribution in [1.29, 1.82) is 0 Å². The molecule has 0 unspecified atom stereocenters. The number of aryl methyl sites for hydroxylation is 2. The van der Waals surface area contributed by atoms with E-state index in [1.807, 2.05) is 25.2 Å². The molecule has 0 heterocycles. The SMILES string of the molecule is Cc1cc(C)cc(N(C)Cc2ccccc2O)c1. The first kappa shape index (κ1) is 12.5. The number of para-hydroxylation sites is 1. The second-order valence-electron chi connectivity index (χ2n) is 4.83. The lowest BCUT2D eigenvalue weighted by molar-refractivity contribution is 0.468. The Kier molecular flexibility index (Phi) is 3.56. The fraction of sp³-hybridized carbons (Fsp3) is 0.250. The third kappa shape index (κ3) is 2.83. The van der Waals surface area contributed by atoms with Crippen molar-refractivity contribution >= 4 is 5.69 Å². The maximum Gasteiger partial charge on any atom is 0.120 e. The molecule has 0 aliphatic heterocycles. The molecule has 2 aromatic rings. The summed E-state index contributed by atoms with van der Waals surface area (Å²) >= 11 is 0. The second-order valence-corrected chi connectivity index (χ2v) is 4.83. The standard InChI is InChI=1S/C16H19NO/c1-12-8-13(2)10-15(9-12)17(3)11-14-6-4-5-7-16(14)18/h4-10,18H,11H2,1-3H3. The summed E-state index contributed by atoms with van der Waals surface area (Å²) in [5.41, 5.74) is 4.64. The van der Waals surface area contributed by atoms with Gasteiger partial charge in [-0.15, -0.1) is 0 Å². The summed E-state index contributed by atoms with van der Waals surface area (Å²) in [4.78, 5) is 2.15. The summed E-state index contributed by atoms with van der Waals surface area (Å²) in [6, 6.07) is 14.0. The van der Waals surface area contributed by atoms with Gasteiger partial charge in [0, 0.05) is 24.8 Å². The first-order chi connectivity index (χ1) is 8.56. The van der Waals surface area contributed by atoms with Gasteiger partial charge in [0.05, 0.1) is 0 Å². The molecular formula is C16H19NO. The third-order valence-electron chi connectivity index (χ3n) is 3.05. The highest BCUT2D eigenvalue weighted by Gasteiger charge is 2.06. The van der Waals surface area contributed by atoms with E-state index in [-0.39, 0.29) is 0 Å². The molecule has 0 atom stereocenters. The smallest absolute Gasteiger partial charge is 0.120 e. The Balaban J connectivity index is 2.22. The van der Waals surface area contributed by atoms with Crippen molar-refractivity contribution in [2.24, 2.45) is 0 Å². The average molecular weight is 241 g/mol. The second kappa shape index (κ2) is 5.13. The lowest BCUT2D eigenvalue weighted by atomic mass is 10.1. The quantitative estimate of drug-likeness (QED) is 0.886. The normalized spacial score (nSPS) is 10.4. The van der Waals surface area contributed by atoms with E-state index in [1.165, 1.54) is 16.8 Å². The number of rotatable bonds is 3. The van der Waals surface area contributed by atoms with Crippen molar-refractivity contribution < 1.29 is 5.11 Å². The van der Waals surface area contributed by atoms with Crippen LogP contribution in [0.2, 0.25) is 0 Å². The van der Waals surface area contributed by atoms with Crippen LogP contribution in [0, 0.1) is 13.8 Å². The van der Waals surface area contributed by atoms with Gasteiger partial charge in [-0.25, -0.2) is 0 Å². The van der Waals surface area contributed by atoms with Gasteiger partial charge < -0.3 is 10.0 Å². The molecule has 0 aromatic heterocycles. The van der Waals surface area contributed by atoms with Crippen molar-refractivity contribution in [3.8, 4) is 5.75 Å². The van der Waals surface area contributed by atoms with Crippen LogP contribution < -0.4 is 4.90 Å². The first-order valence-electron chi connectivity index (χ1n) is 6.12. The van der Waals surface area contributed by atoms with Crippen LogP contribution in [-0.2, 0) is 6.54 Å². The minimum Gasteiger partial charge on any atom is -0.508 e. The Morgan fingerprint density at radius 1 is 1.00 bits per heavy atom. The number of hydrogen-bond acceptors (Lipinski definition) is 2. The highest BCUT2D eigenvalue weighted by molar-refractivity contribution is 5.51. The number of hydrogen-bond donors (Lipinski definition) is 1. The van der Waals surface area contributed by atoms with E-state index in [2.05, 4.69) is 36.9 Å². The fourth-order valence-corrected chi connectivity index (χ4v) is 2.16. The Bertz CT molecular complexity index is 528. The molecule has 2 heteroatoms. The Morgan fingerprint density at radius 2 is 1.61 bits per heavy atom. The van der Waals surface area contributed by atoms with Gasteiger partial charge in [-0.05, 0) is 43.2 Å². The topological polar surface area (TPSA) is 23.5 Å². The maximum atomic E-state index is 9.79. The number of anilines is 1. The van der Waals surface area contributed by atoms with Crippen molar-refractivity contribution in [1.82, 2.24) is 0 Å². The minimum atomic E-state index is 0.355. The molecule has 0 amide bonds. The number of aromatic hydroxyl groups is 1. The van der Waals surface area contributed by atoms with Crippen molar-refractivity contribution in [2.75, 3.05) is 11.9 Å². The molecular weight excluding hydrogens is 222 g/mol. The number of nitrogens with zero attached hydrogens (tertiary/aromatic N) is 1. The van der Waals surface area contributed by atoms with Crippen LogP contribution in [0.15, 0.2) is 42.5 Å². The maximum absolute atomic E-state index is 9.79. The molecule has 0 spiro atoms. The van der Waals surface area contributed by atoms with E-state index in [9.17, 15) is 5.11 Å². The molecule has 0 aliphatic carbocycles. The van der Waals surface area contributed by atoms with Crippen LogP contribution in [-0.4, -0.2) is 12.2 Å². The summed E-state index contributed by atoms with van der Waals surface area (Å²) in [7, 11) is 2.04. The first-order valence-corrected chi connectivity index (χ1v) is 6.12. The molecule has 2 rings (SSSR count). The van der Waals surface area contributed by atoms with Crippen molar-refractivity contribution in [3.63, 3.8) is 0 Å². The van der Waals surface area contributed by atoms with E-state index >= 15 is 0 Å². The predicted molar refractivity (Wildman–Crippen MR) is 76.1 cm³/mol. The molecule has 1 N–H and O–H groups in total. The molecule has 0 aliphatic rings. The van der Waals surface area contributed by atoms with E-state index in [0.717, 1.165) is 5.56 Å². The van der Waals surface area contributed by atoms with Gasteiger partial charge in [0.15, 0.2) is 0 Å². The summed E-state index contributed by atoms with van der Waals surface area (Å²) in [6.07, 6.45) is 0. The molecule has 0 fully saturated rings. The lowest BCUT2D eigenvalue weighted by Gasteiger charge is -2.21. The van der Waals surface area contributed by atoms with Gasteiger partial charge in [0.25, 0.3) is 0 Å². The van der Waals surface area contributed by atoms with Gasteiger partial charge >= 0.3 is 0 Å². The summed E-state index contributed by atoms with van der Waals surface area (Å²) < 4.78 is 0. The monoisotopic (exact) mass is 241 g/mol. The average Bonchev–Trinajstić information content (AvgIpc) is 2.31. The highest BCUT2D eigenvalue weighted by Crippen LogP contribution is 2.22. The zero-order chi connectivity index (χ0) is 13.1. The van der Waals surface area contributed by atoms with Crippen LogP contribution in [0.25, 0.3) is 0 Å². The summed E-state index contributed by atoms with van der Waals surface area (Å²) in [6.45, 7) is 4.91. The van der Waals surface area contributed by atoms with Crippen LogP contribution >= 0.6 is 0 Å². The zero-order valence-electron chi connectivity index (χ0n) is 11.1. The summed E-state index contributed by atoms with van der Waals surface area (Å²) in [5, 5.41) is 9.79. The van der Waals surface area contributed by atoms with Crippen molar-refractivity contribution in [2.45, 2.75) is 20.4 Å². The van der Waals surface area contributed by atoms with Gasteiger partial charge in [-0.3, -0.25) is 0 Å². The van der Waals surface area contributed by atoms with Crippen LogP contribution in [0.4, 0.5) is 5.69 Å². The molecule has 2 aromatic carbocycles. The largest absolute Gasteiger partial charge is 0.508 e. The van der Waals surface area contributed by atoms with Crippen molar-refractivity contribution in [3.05, 3.63) is 59.2 Å². The Morgan fingerprint density at radius 3 is 2.22 bits per heavy atom. The molecule has 2 nitrogen and oxygen atoms in total. The van der Waals surface area contributed by atoms with Gasteiger partial charge in [-0.1, -0.05) is 24.3 Å². The number of phenolic OH excluding ortho intramolecular Hbond substituents is 1. The molecule has 0 bridgehead atoms. The molecule has 0 radical (unpaired) electrons. The van der Waals surface area contributed by atoms with E-state index in [4.69, 9.17) is 0 Å². The van der Waals surface area contributed by atoms with Crippen LogP contribution in [0.3, 0.4) is 0 Å². The fourth-order valence-electron chi connectivity index (χ4n) is 2.16. The van der Waals surface area contributed by atoms with Gasteiger partial charge in [0.2, 0.25) is 0 Å². The lowest BCUT2D eigenvalue weighted by Crippen LogP contribution is -2.16. The number of phenols is 1. The minimum absolute atomic E-state index is 0.355. The highest BCUT2D eigenvalue weighted by atomic mass is 16.3. The van der Waals surface area contributed by atoms with Gasteiger partial charge in [0.1, 0.15) is 5.75 Å². The third-order valence-corrected chi connectivity index (χ3v) is 3.05. The number of benzene rings is 2. The van der Waals surface area contributed by atoms with Crippen LogP contribution in [0.1, 0.15) is 16.7 Å². The molecule has 0 saturated carbocycles. The van der Waals surface area contributed by atoms with E-state index < -0.39 is 0 Å². The predicted octanol–water partition coefficient (Wildman–Crippen LogP) is 3.65. The van der Waals surface area contributed by atoms with E-state index in [1.54, 1.807) is 6.07 Å². The van der Waals surface area contributed by atoms with Crippen LogP contribution in [0.5, 0.6) is 5.75 Å². The Labute approximate surface area is 109 Å².